The summed E-state index contributed by atoms with van der Waals surface area (Å²) in [5.41, 5.74) is 0. The molecule has 4 heteroatoms. The molecule has 0 radical (unpaired) electrons. The Morgan fingerprint density at radius 2 is 2.44 bits per heavy atom. The molecule has 2 aromatic heterocycles. The van der Waals surface area contributed by atoms with Crippen LogP contribution in [0.5, 0.6) is 0 Å². The number of nitrogens with zero attached hydrogens (tertiary/aromatic N) is 2. The number of aromatic nitrogens is 2. The maximum atomic E-state index is 4.50. The van der Waals surface area contributed by atoms with Crippen molar-refractivity contribution in [3.05, 3.63) is 40.6 Å². The third-order valence-electron chi connectivity index (χ3n) is 3.78. The molecule has 2 aromatic rings. The van der Waals surface area contributed by atoms with E-state index in [2.05, 4.69) is 39.4 Å². The van der Waals surface area contributed by atoms with Gasteiger partial charge in [-0.3, -0.25) is 0 Å². The summed E-state index contributed by atoms with van der Waals surface area (Å²) in [4.78, 5) is 5.85. The number of hydrogen-bond donors (Lipinski definition) is 1. The first-order chi connectivity index (χ1) is 8.84. The van der Waals surface area contributed by atoms with Gasteiger partial charge in [0.25, 0.3) is 0 Å². The third-order valence-corrected chi connectivity index (χ3v) is 4.72. The first kappa shape index (κ1) is 11.9. The molecule has 1 fully saturated rings. The Balaban J connectivity index is 1.77. The molecule has 0 aliphatic heterocycles. The Hall–Kier alpha value is -1.13. The van der Waals surface area contributed by atoms with Crippen molar-refractivity contribution in [3.8, 4) is 0 Å². The highest BCUT2D eigenvalue weighted by Gasteiger charge is 2.23. The van der Waals surface area contributed by atoms with E-state index >= 15 is 0 Å². The second kappa shape index (κ2) is 5.24. The van der Waals surface area contributed by atoms with E-state index in [1.807, 2.05) is 12.4 Å². The van der Waals surface area contributed by atoms with Crippen molar-refractivity contribution in [1.29, 1.82) is 0 Å². The molecule has 1 saturated carbocycles. The summed E-state index contributed by atoms with van der Waals surface area (Å²) in [5, 5.41) is 5.83. The van der Waals surface area contributed by atoms with Crippen molar-refractivity contribution in [2.45, 2.75) is 25.3 Å². The quantitative estimate of drug-likeness (QED) is 0.897. The van der Waals surface area contributed by atoms with Crippen LogP contribution in [0, 0.1) is 5.92 Å². The Morgan fingerprint density at radius 3 is 3.00 bits per heavy atom. The molecular weight excluding hydrogens is 242 g/mol. The van der Waals surface area contributed by atoms with Gasteiger partial charge in [-0.25, -0.2) is 4.98 Å². The SMILES string of the molecule is Cn1ccnc1C(NCC1CCC1)c1cccs1. The molecule has 96 valence electrons. The molecule has 1 unspecified atom stereocenters. The fourth-order valence-electron chi connectivity index (χ4n) is 2.41. The molecule has 1 N–H and O–H groups in total. The second-order valence-electron chi connectivity index (χ2n) is 5.05. The van der Waals surface area contributed by atoms with Gasteiger partial charge in [-0.15, -0.1) is 11.3 Å². The van der Waals surface area contributed by atoms with E-state index in [4.69, 9.17) is 0 Å². The van der Waals surface area contributed by atoms with Gasteiger partial charge in [0, 0.05) is 24.3 Å². The van der Waals surface area contributed by atoms with Crippen LogP contribution in [0.2, 0.25) is 0 Å². The van der Waals surface area contributed by atoms with E-state index in [9.17, 15) is 0 Å². The number of rotatable bonds is 5. The summed E-state index contributed by atoms with van der Waals surface area (Å²) >= 11 is 1.80. The lowest BCUT2D eigenvalue weighted by Gasteiger charge is -2.28. The van der Waals surface area contributed by atoms with Crippen molar-refractivity contribution in [2.75, 3.05) is 6.54 Å². The Morgan fingerprint density at radius 1 is 1.56 bits per heavy atom. The van der Waals surface area contributed by atoms with Crippen LogP contribution >= 0.6 is 11.3 Å². The van der Waals surface area contributed by atoms with Crippen molar-refractivity contribution in [3.63, 3.8) is 0 Å². The highest BCUT2D eigenvalue weighted by atomic mass is 32.1. The Bertz CT molecular complexity index is 485. The number of thiophene rings is 1. The average molecular weight is 261 g/mol. The van der Waals surface area contributed by atoms with Gasteiger partial charge in [-0.1, -0.05) is 12.5 Å². The molecule has 18 heavy (non-hydrogen) atoms. The van der Waals surface area contributed by atoms with Crippen LogP contribution in [0.4, 0.5) is 0 Å². The summed E-state index contributed by atoms with van der Waals surface area (Å²) < 4.78 is 2.11. The minimum atomic E-state index is 0.241. The number of aryl methyl sites for hydroxylation is 1. The van der Waals surface area contributed by atoms with Gasteiger partial charge in [0.15, 0.2) is 0 Å². The van der Waals surface area contributed by atoms with Gasteiger partial charge in [-0.2, -0.15) is 0 Å². The fraction of sp³-hybridized carbons (Fsp3) is 0.500. The smallest absolute Gasteiger partial charge is 0.131 e. The summed E-state index contributed by atoms with van der Waals surface area (Å²) in [6.07, 6.45) is 8.05. The molecular formula is C14H19N3S. The summed E-state index contributed by atoms with van der Waals surface area (Å²) in [5.74, 6) is 1.98. The molecule has 0 saturated heterocycles. The fourth-order valence-corrected chi connectivity index (χ4v) is 3.21. The summed E-state index contributed by atoms with van der Waals surface area (Å²) in [6.45, 7) is 1.11. The topological polar surface area (TPSA) is 29.9 Å². The largest absolute Gasteiger partial charge is 0.336 e. The molecule has 0 amide bonds. The predicted molar refractivity (Wildman–Crippen MR) is 74.7 cm³/mol. The van der Waals surface area contributed by atoms with E-state index in [1.54, 1.807) is 11.3 Å². The maximum absolute atomic E-state index is 4.50. The standard InChI is InChI=1S/C14H19N3S/c1-17-8-7-15-14(17)13(12-6-3-9-18-12)16-10-11-4-2-5-11/h3,6-9,11,13,16H,2,4-5,10H2,1H3. The van der Waals surface area contributed by atoms with Crippen LogP contribution in [0.1, 0.15) is 36.0 Å². The second-order valence-corrected chi connectivity index (χ2v) is 6.03. The molecule has 1 aliphatic carbocycles. The molecule has 2 heterocycles. The average Bonchev–Trinajstić information content (AvgIpc) is 2.94. The van der Waals surface area contributed by atoms with Crippen LogP contribution in [0.15, 0.2) is 29.9 Å². The molecule has 3 rings (SSSR count). The predicted octanol–water partition coefficient (Wildman–Crippen LogP) is 2.96. The normalized spacial score (nSPS) is 17.6. The van der Waals surface area contributed by atoms with E-state index in [-0.39, 0.29) is 6.04 Å². The van der Waals surface area contributed by atoms with E-state index < -0.39 is 0 Å². The minimum Gasteiger partial charge on any atom is -0.336 e. The molecule has 0 aromatic carbocycles. The van der Waals surface area contributed by atoms with Crippen LogP contribution in [0.25, 0.3) is 0 Å². The Labute approximate surface area is 112 Å². The van der Waals surface area contributed by atoms with Gasteiger partial charge in [0.2, 0.25) is 0 Å². The van der Waals surface area contributed by atoms with Crippen LogP contribution < -0.4 is 5.32 Å². The summed E-state index contributed by atoms with van der Waals surface area (Å²) in [7, 11) is 2.06. The van der Waals surface area contributed by atoms with Crippen LogP contribution in [-0.4, -0.2) is 16.1 Å². The Kier molecular flexibility index (Phi) is 3.48. The maximum Gasteiger partial charge on any atom is 0.131 e. The van der Waals surface area contributed by atoms with E-state index in [1.165, 1.54) is 24.1 Å². The molecule has 0 spiro atoms. The monoisotopic (exact) mass is 261 g/mol. The van der Waals surface area contributed by atoms with Gasteiger partial charge in [-0.05, 0) is 36.8 Å². The van der Waals surface area contributed by atoms with Crippen molar-refractivity contribution in [1.82, 2.24) is 14.9 Å². The van der Waals surface area contributed by atoms with Crippen molar-refractivity contribution >= 4 is 11.3 Å². The van der Waals surface area contributed by atoms with Crippen molar-refractivity contribution < 1.29 is 0 Å². The summed E-state index contributed by atoms with van der Waals surface area (Å²) in [6, 6.07) is 4.55. The zero-order chi connectivity index (χ0) is 12.4. The first-order valence-corrected chi connectivity index (χ1v) is 7.46. The minimum absolute atomic E-state index is 0.241. The van der Waals surface area contributed by atoms with E-state index in [0.717, 1.165) is 18.3 Å². The number of nitrogens with one attached hydrogen (secondary N) is 1. The van der Waals surface area contributed by atoms with Crippen LogP contribution in [-0.2, 0) is 7.05 Å². The third kappa shape index (κ3) is 2.35. The van der Waals surface area contributed by atoms with Gasteiger partial charge < -0.3 is 9.88 Å². The first-order valence-electron chi connectivity index (χ1n) is 6.58. The molecule has 1 aliphatic rings. The zero-order valence-electron chi connectivity index (χ0n) is 10.7. The number of imidazole rings is 1. The lowest BCUT2D eigenvalue weighted by Crippen LogP contribution is -2.32. The molecule has 1 atom stereocenters. The van der Waals surface area contributed by atoms with E-state index in [0.29, 0.717) is 0 Å². The van der Waals surface area contributed by atoms with Gasteiger partial charge >= 0.3 is 0 Å². The molecule has 3 nitrogen and oxygen atoms in total. The zero-order valence-corrected chi connectivity index (χ0v) is 11.5. The lowest BCUT2D eigenvalue weighted by molar-refractivity contribution is 0.293. The highest BCUT2D eigenvalue weighted by molar-refractivity contribution is 7.10. The lowest BCUT2D eigenvalue weighted by atomic mass is 9.85. The van der Waals surface area contributed by atoms with Crippen LogP contribution in [0.3, 0.4) is 0 Å². The highest BCUT2D eigenvalue weighted by Crippen LogP contribution is 2.29. The molecule has 0 bridgehead atoms. The van der Waals surface area contributed by atoms with Gasteiger partial charge in [0.1, 0.15) is 11.9 Å². The number of hydrogen-bond acceptors (Lipinski definition) is 3. The van der Waals surface area contributed by atoms with Gasteiger partial charge in [0.05, 0.1) is 0 Å². The van der Waals surface area contributed by atoms with Crippen molar-refractivity contribution in [2.24, 2.45) is 13.0 Å².